The molecule has 4 heteroatoms. The number of hydrogen-bond donors (Lipinski definition) is 1. The number of rotatable bonds is 8. The van der Waals surface area contributed by atoms with Gasteiger partial charge in [0.15, 0.2) is 0 Å². The highest BCUT2D eigenvalue weighted by atomic mass is 16.5. The predicted molar refractivity (Wildman–Crippen MR) is 109 cm³/mol. The summed E-state index contributed by atoms with van der Waals surface area (Å²) in [6, 6.07) is 15.5. The molecule has 0 bridgehead atoms. The molecule has 0 saturated heterocycles. The number of amides is 1. The molecule has 2 aromatic carbocycles. The summed E-state index contributed by atoms with van der Waals surface area (Å²) in [6.07, 6.45) is 7.76. The minimum absolute atomic E-state index is 0.194. The maximum atomic E-state index is 12.4. The Kier molecular flexibility index (Phi) is 7.03. The van der Waals surface area contributed by atoms with Gasteiger partial charge in [-0.25, -0.2) is 5.43 Å². The number of nitrogens with zero attached hydrogens (tertiary/aromatic N) is 1. The van der Waals surface area contributed by atoms with Crippen molar-refractivity contribution >= 4 is 11.6 Å². The van der Waals surface area contributed by atoms with E-state index in [4.69, 9.17) is 4.74 Å². The van der Waals surface area contributed by atoms with Gasteiger partial charge in [-0.2, -0.15) is 5.10 Å². The van der Waals surface area contributed by atoms with Crippen LogP contribution in [-0.4, -0.2) is 18.2 Å². The molecule has 1 aliphatic carbocycles. The van der Waals surface area contributed by atoms with Crippen molar-refractivity contribution in [3.8, 4) is 5.75 Å². The van der Waals surface area contributed by atoms with E-state index < -0.39 is 0 Å². The summed E-state index contributed by atoms with van der Waals surface area (Å²) < 4.78 is 5.72. The van der Waals surface area contributed by atoms with Gasteiger partial charge in [0.05, 0.1) is 12.3 Å². The van der Waals surface area contributed by atoms with E-state index in [0.717, 1.165) is 49.3 Å². The second kappa shape index (κ2) is 9.91. The first-order chi connectivity index (χ1) is 13.3. The normalized spacial score (nSPS) is 14.6. The third-order valence-electron chi connectivity index (χ3n) is 4.86. The number of nitrogens with one attached hydrogen (secondary N) is 1. The van der Waals surface area contributed by atoms with Crippen LogP contribution in [0, 0.1) is 0 Å². The molecule has 0 aromatic heterocycles. The van der Waals surface area contributed by atoms with Crippen molar-refractivity contribution in [2.45, 2.75) is 51.9 Å². The fourth-order valence-electron chi connectivity index (χ4n) is 3.32. The van der Waals surface area contributed by atoms with E-state index in [-0.39, 0.29) is 5.91 Å². The van der Waals surface area contributed by atoms with Crippen LogP contribution in [0.5, 0.6) is 5.75 Å². The van der Waals surface area contributed by atoms with E-state index in [1.807, 2.05) is 24.3 Å². The lowest BCUT2D eigenvalue weighted by Crippen LogP contribution is -2.22. The summed E-state index contributed by atoms with van der Waals surface area (Å²) in [7, 11) is 0. The first kappa shape index (κ1) is 19.2. The number of fused-ring (bicyclic) bond motifs is 1. The Labute approximate surface area is 161 Å². The highest BCUT2D eigenvalue weighted by molar-refractivity contribution is 6.04. The van der Waals surface area contributed by atoms with Gasteiger partial charge in [-0.05, 0) is 55.5 Å². The summed E-state index contributed by atoms with van der Waals surface area (Å²) in [5, 5.41) is 4.39. The van der Waals surface area contributed by atoms with E-state index in [9.17, 15) is 4.79 Å². The van der Waals surface area contributed by atoms with Crippen LogP contribution in [0.1, 0.15) is 66.9 Å². The quantitative estimate of drug-likeness (QED) is 0.522. The van der Waals surface area contributed by atoms with Crippen LogP contribution in [0.15, 0.2) is 53.6 Å². The molecule has 142 valence electrons. The number of benzene rings is 2. The second-order valence-electron chi connectivity index (χ2n) is 6.94. The zero-order valence-corrected chi connectivity index (χ0v) is 16.0. The molecule has 0 fully saturated rings. The second-order valence-corrected chi connectivity index (χ2v) is 6.94. The average molecular weight is 364 g/mol. The largest absolute Gasteiger partial charge is 0.494 e. The lowest BCUT2D eigenvalue weighted by molar-refractivity contribution is 0.0954. The summed E-state index contributed by atoms with van der Waals surface area (Å²) in [4.78, 5) is 12.4. The monoisotopic (exact) mass is 364 g/mol. The molecule has 2 aromatic rings. The van der Waals surface area contributed by atoms with Crippen molar-refractivity contribution in [3.63, 3.8) is 0 Å². The molecule has 0 saturated carbocycles. The van der Waals surface area contributed by atoms with Crippen LogP contribution in [0.4, 0.5) is 0 Å². The van der Waals surface area contributed by atoms with Gasteiger partial charge in [-0.15, -0.1) is 0 Å². The van der Waals surface area contributed by atoms with E-state index >= 15 is 0 Å². The van der Waals surface area contributed by atoms with Gasteiger partial charge in [0, 0.05) is 11.1 Å². The van der Waals surface area contributed by atoms with E-state index in [2.05, 4.69) is 29.6 Å². The molecular weight excluding hydrogens is 336 g/mol. The minimum Gasteiger partial charge on any atom is -0.494 e. The molecule has 0 aliphatic heterocycles. The first-order valence-electron chi connectivity index (χ1n) is 9.96. The molecule has 1 aliphatic rings. The lowest BCUT2D eigenvalue weighted by Gasteiger charge is -2.17. The highest BCUT2D eigenvalue weighted by Crippen LogP contribution is 2.21. The predicted octanol–water partition coefficient (Wildman–Crippen LogP) is 5.12. The van der Waals surface area contributed by atoms with Gasteiger partial charge < -0.3 is 4.74 Å². The zero-order chi connectivity index (χ0) is 18.9. The third kappa shape index (κ3) is 5.43. The molecule has 1 amide bonds. The summed E-state index contributed by atoms with van der Waals surface area (Å²) >= 11 is 0. The maximum absolute atomic E-state index is 12.4. The Morgan fingerprint density at radius 2 is 1.85 bits per heavy atom. The molecular formula is C23H28N2O2. The molecule has 0 spiro atoms. The molecule has 4 nitrogen and oxygen atoms in total. The van der Waals surface area contributed by atoms with Gasteiger partial charge in [-0.3, -0.25) is 4.79 Å². The van der Waals surface area contributed by atoms with Gasteiger partial charge in [0.1, 0.15) is 5.75 Å². The summed E-state index contributed by atoms with van der Waals surface area (Å²) in [5.74, 6) is 0.607. The molecule has 0 radical (unpaired) electrons. The number of unbranched alkanes of at least 4 members (excludes halogenated alkanes) is 3. The van der Waals surface area contributed by atoms with Crippen molar-refractivity contribution < 1.29 is 9.53 Å². The van der Waals surface area contributed by atoms with E-state index in [1.165, 1.54) is 24.8 Å². The average Bonchev–Trinajstić information content (AvgIpc) is 2.72. The van der Waals surface area contributed by atoms with Crippen molar-refractivity contribution in [1.29, 1.82) is 0 Å². The van der Waals surface area contributed by atoms with Gasteiger partial charge >= 0.3 is 0 Å². The molecule has 0 unspecified atom stereocenters. The van der Waals surface area contributed by atoms with Crippen LogP contribution in [0.25, 0.3) is 0 Å². The fraction of sp³-hybridized carbons (Fsp3) is 0.391. The van der Waals surface area contributed by atoms with Gasteiger partial charge in [-0.1, -0.05) is 50.5 Å². The number of carbonyl (C=O) groups is 1. The van der Waals surface area contributed by atoms with E-state index in [0.29, 0.717) is 5.56 Å². The molecule has 1 N–H and O–H groups in total. The molecule has 0 atom stereocenters. The smallest absolute Gasteiger partial charge is 0.271 e. The topological polar surface area (TPSA) is 50.7 Å². The Hall–Kier alpha value is -2.62. The van der Waals surface area contributed by atoms with Crippen molar-refractivity contribution in [2.75, 3.05) is 6.61 Å². The maximum Gasteiger partial charge on any atom is 0.271 e. The minimum atomic E-state index is -0.194. The highest BCUT2D eigenvalue weighted by Gasteiger charge is 2.15. The number of hydrazone groups is 1. The SMILES string of the molecule is CCCCCCOc1ccc(C(=O)NN=C2CCCc3ccccc32)cc1. The Balaban J connectivity index is 1.54. The van der Waals surface area contributed by atoms with Crippen LogP contribution in [0.3, 0.4) is 0 Å². The number of carbonyl (C=O) groups excluding carboxylic acids is 1. The molecule has 27 heavy (non-hydrogen) atoms. The standard InChI is InChI=1S/C23H28N2O2/c1-2-3-4-7-17-27-20-15-13-19(14-16-20)23(26)25-24-22-12-8-10-18-9-5-6-11-21(18)22/h5-6,9,11,13-16H,2-4,7-8,10,12,17H2,1H3,(H,25,26). The Morgan fingerprint density at radius 1 is 1.04 bits per heavy atom. The Morgan fingerprint density at radius 3 is 2.67 bits per heavy atom. The van der Waals surface area contributed by atoms with Crippen molar-refractivity contribution in [2.24, 2.45) is 5.10 Å². The van der Waals surface area contributed by atoms with Crippen LogP contribution >= 0.6 is 0 Å². The summed E-state index contributed by atoms with van der Waals surface area (Å²) in [6.45, 7) is 2.92. The lowest BCUT2D eigenvalue weighted by atomic mass is 9.90. The first-order valence-corrected chi connectivity index (χ1v) is 9.96. The van der Waals surface area contributed by atoms with Crippen molar-refractivity contribution in [1.82, 2.24) is 5.43 Å². The fourth-order valence-corrected chi connectivity index (χ4v) is 3.32. The zero-order valence-electron chi connectivity index (χ0n) is 16.0. The number of hydrogen-bond acceptors (Lipinski definition) is 3. The van der Waals surface area contributed by atoms with Crippen LogP contribution in [0.2, 0.25) is 0 Å². The number of aryl methyl sites for hydroxylation is 1. The summed E-state index contributed by atoms with van der Waals surface area (Å²) in [5.41, 5.74) is 6.70. The van der Waals surface area contributed by atoms with E-state index in [1.54, 1.807) is 12.1 Å². The number of ether oxygens (including phenoxy) is 1. The van der Waals surface area contributed by atoms with Crippen LogP contribution in [-0.2, 0) is 6.42 Å². The third-order valence-corrected chi connectivity index (χ3v) is 4.86. The van der Waals surface area contributed by atoms with Gasteiger partial charge in [0.25, 0.3) is 5.91 Å². The molecule has 0 heterocycles. The molecule has 3 rings (SSSR count). The van der Waals surface area contributed by atoms with Crippen molar-refractivity contribution in [3.05, 3.63) is 65.2 Å². The van der Waals surface area contributed by atoms with Gasteiger partial charge in [0.2, 0.25) is 0 Å². The van der Waals surface area contributed by atoms with Crippen LogP contribution < -0.4 is 10.2 Å². The Bertz CT molecular complexity index is 781.